The van der Waals surface area contributed by atoms with Crippen molar-refractivity contribution in [3.63, 3.8) is 0 Å². The van der Waals surface area contributed by atoms with E-state index in [1.165, 1.54) is 0 Å². The number of hydrogen-bond donors (Lipinski definition) is 1. The number of alkyl carbamates (subject to hydrolysis) is 1. The Balaban J connectivity index is 1.26. The lowest BCUT2D eigenvalue weighted by Crippen LogP contribution is -2.40. The van der Waals surface area contributed by atoms with Gasteiger partial charge in [0.2, 0.25) is 0 Å². The summed E-state index contributed by atoms with van der Waals surface area (Å²) in [5, 5.41) is 2.54. The van der Waals surface area contributed by atoms with Gasteiger partial charge < -0.3 is 24.3 Å². The summed E-state index contributed by atoms with van der Waals surface area (Å²) in [6.45, 7) is 4.75. The fourth-order valence-corrected chi connectivity index (χ4v) is 3.82. The fourth-order valence-electron chi connectivity index (χ4n) is 3.82. The molecule has 3 aromatic rings. The van der Waals surface area contributed by atoms with Crippen LogP contribution in [0.3, 0.4) is 0 Å². The SMILES string of the molecule is CCCc1cc(Oc2ccccc2)ccc1OCCCOc1ccc(C2(C)NC(=O)OC2=O)cc1. The Hall–Kier alpha value is -4.00. The summed E-state index contributed by atoms with van der Waals surface area (Å²) in [6, 6.07) is 22.6. The van der Waals surface area contributed by atoms with E-state index in [-0.39, 0.29) is 0 Å². The van der Waals surface area contributed by atoms with Crippen LogP contribution >= 0.6 is 0 Å². The van der Waals surface area contributed by atoms with Gasteiger partial charge >= 0.3 is 12.1 Å². The smallest absolute Gasteiger partial charge is 0.416 e. The second-order valence-electron chi connectivity index (χ2n) is 8.44. The molecule has 1 saturated heterocycles. The maximum absolute atomic E-state index is 12.0. The Morgan fingerprint density at radius 2 is 1.57 bits per heavy atom. The molecule has 35 heavy (non-hydrogen) atoms. The van der Waals surface area contributed by atoms with Crippen molar-refractivity contribution >= 4 is 12.1 Å². The molecule has 0 aromatic heterocycles. The van der Waals surface area contributed by atoms with Crippen LogP contribution in [0.1, 0.15) is 37.8 Å². The first kappa shape index (κ1) is 24.1. The van der Waals surface area contributed by atoms with Crippen molar-refractivity contribution in [3.05, 3.63) is 83.9 Å². The number of hydrogen-bond acceptors (Lipinski definition) is 6. The topological polar surface area (TPSA) is 83.1 Å². The molecular weight excluding hydrogens is 446 g/mol. The van der Waals surface area contributed by atoms with E-state index in [9.17, 15) is 9.59 Å². The molecule has 1 aliphatic rings. The molecule has 1 unspecified atom stereocenters. The molecule has 7 nitrogen and oxygen atoms in total. The first-order valence-electron chi connectivity index (χ1n) is 11.7. The van der Waals surface area contributed by atoms with Crippen LogP contribution < -0.4 is 19.5 Å². The predicted molar refractivity (Wildman–Crippen MR) is 131 cm³/mol. The van der Waals surface area contributed by atoms with Crippen LogP contribution in [0.2, 0.25) is 0 Å². The molecule has 1 heterocycles. The molecule has 1 fully saturated rings. The number of ether oxygens (including phenoxy) is 4. The van der Waals surface area contributed by atoms with Gasteiger partial charge in [-0.25, -0.2) is 9.59 Å². The van der Waals surface area contributed by atoms with Gasteiger partial charge in [0.1, 0.15) is 23.0 Å². The Morgan fingerprint density at radius 1 is 0.857 bits per heavy atom. The molecule has 1 amide bonds. The first-order valence-corrected chi connectivity index (χ1v) is 11.7. The van der Waals surface area contributed by atoms with E-state index in [2.05, 4.69) is 17.0 Å². The summed E-state index contributed by atoms with van der Waals surface area (Å²) in [5.41, 5.74) is 0.567. The van der Waals surface area contributed by atoms with Gasteiger partial charge in [0.25, 0.3) is 0 Å². The molecule has 1 N–H and O–H groups in total. The minimum absolute atomic E-state index is 0.480. The zero-order valence-electron chi connectivity index (χ0n) is 19.9. The van der Waals surface area contributed by atoms with Crippen molar-refractivity contribution < 1.29 is 28.5 Å². The standard InChI is InChI=1S/C28H29NO6/c1-3-8-20-19-24(34-23-9-5-4-6-10-23)15-16-25(20)33-18-7-17-32-22-13-11-21(12-14-22)28(2)26(30)35-27(31)29-28/h4-6,9-16,19H,3,7-8,17-18H2,1-2H3,(H,29,31). The Kier molecular flexibility index (Phi) is 7.55. The van der Waals surface area contributed by atoms with Crippen LogP contribution in [-0.2, 0) is 21.5 Å². The van der Waals surface area contributed by atoms with Crippen molar-refractivity contribution in [2.45, 2.75) is 38.6 Å². The van der Waals surface area contributed by atoms with Crippen molar-refractivity contribution in [1.82, 2.24) is 5.32 Å². The molecule has 182 valence electrons. The highest BCUT2D eigenvalue weighted by molar-refractivity contribution is 5.99. The minimum Gasteiger partial charge on any atom is -0.493 e. The average Bonchev–Trinajstić information content (AvgIpc) is 3.13. The molecule has 0 bridgehead atoms. The number of carbonyl (C=O) groups excluding carboxylic acids is 2. The van der Waals surface area contributed by atoms with Crippen LogP contribution in [0.15, 0.2) is 72.8 Å². The number of rotatable bonds is 11. The maximum Gasteiger partial charge on any atom is 0.416 e. The van der Waals surface area contributed by atoms with Gasteiger partial charge in [0, 0.05) is 6.42 Å². The lowest BCUT2D eigenvalue weighted by atomic mass is 9.93. The van der Waals surface area contributed by atoms with E-state index >= 15 is 0 Å². The second kappa shape index (κ2) is 11.0. The van der Waals surface area contributed by atoms with Crippen LogP contribution in [0, 0.1) is 0 Å². The molecule has 1 aliphatic heterocycles. The second-order valence-corrected chi connectivity index (χ2v) is 8.44. The van der Waals surface area contributed by atoms with Gasteiger partial charge in [-0.3, -0.25) is 0 Å². The highest BCUT2D eigenvalue weighted by atomic mass is 16.6. The average molecular weight is 476 g/mol. The van der Waals surface area contributed by atoms with Crippen LogP contribution in [0.5, 0.6) is 23.0 Å². The Morgan fingerprint density at radius 3 is 2.26 bits per heavy atom. The zero-order chi connectivity index (χ0) is 24.7. The molecule has 0 aliphatic carbocycles. The quantitative estimate of drug-likeness (QED) is 0.216. The lowest BCUT2D eigenvalue weighted by molar-refractivity contribution is -0.139. The Bertz CT molecular complexity index is 1160. The van der Waals surface area contributed by atoms with Crippen molar-refractivity contribution in [1.29, 1.82) is 0 Å². The maximum atomic E-state index is 12.0. The van der Waals surface area contributed by atoms with Crippen molar-refractivity contribution in [3.8, 4) is 23.0 Å². The van der Waals surface area contributed by atoms with E-state index in [0.29, 0.717) is 30.9 Å². The summed E-state index contributed by atoms with van der Waals surface area (Å²) in [5.74, 6) is 2.50. The number of aryl methyl sites for hydroxylation is 1. The summed E-state index contributed by atoms with van der Waals surface area (Å²) in [7, 11) is 0. The monoisotopic (exact) mass is 475 g/mol. The highest BCUT2D eigenvalue weighted by Crippen LogP contribution is 2.30. The molecule has 0 radical (unpaired) electrons. The Labute approximate surface area is 205 Å². The lowest BCUT2D eigenvalue weighted by Gasteiger charge is -2.19. The van der Waals surface area contributed by atoms with Gasteiger partial charge in [-0.1, -0.05) is 43.7 Å². The van der Waals surface area contributed by atoms with Gasteiger partial charge in [0.15, 0.2) is 5.54 Å². The van der Waals surface area contributed by atoms with Crippen LogP contribution in [-0.4, -0.2) is 25.3 Å². The number of carbonyl (C=O) groups is 2. The first-order chi connectivity index (χ1) is 17.0. The van der Waals surface area contributed by atoms with Gasteiger partial charge in [-0.05, 0) is 66.9 Å². The largest absolute Gasteiger partial charge is 0.493 e. The van der Waals surface area contributed by atoms with Crippen molar-refractivity contribution in [2.24, 2.45) is 0 Å². The van der Waals surface area contributed by atoms with Gasteiger partial charge in [0.05, 0.1) is 13.2 Å². The van der Waals surface area contributed by atoms with Gasteiger partial charge in [-0.15, -0.1) is 0 Å². The van der Waals surface area contributed by atoms with Crippen molar-refractivity contribution in [2.75, 3.05) is 13.2 Å². The number of amides is 1. The number of cyclic esters (lactones) is 2. The highest BCUT2D eigenvalue weighted by Gasteiger charge is 2.46. The van der Waals surface area contributed by atoms with Crippen LogP contribution in [0.25, 0.3) is 0 Å². The normalized spacial score (nSPS) is 17.0. The van der Waals surface area contributed by atoms with E-state index in [1.807, 2.05) is 48.5 Å². The molecule has 0 saturated carbocycles. The number of para-hydroxylation sites is 1. The summed E-state index contributed by atoms with van der Waals surface area (Å²) < 4.78 is 22.4. The fraction of sp³-hybridized carbons (Fsp3) is 0.286. The van der Waals surface area contributed by atoms with E-state index in [0.717, 1.165) is 35.7 Å². The van der Waals surface area contributed by atoms with Gasteiger partial charge in [-0.2, -0.15) is 0 Å². The van der Waals surface area contributed by atoms with Crippen LogP contribution in [0.4, 0.5) is 4.79 Å². The third kappa shape index (κ3) is 5.93. The van der Waals surface area contributed by atoms with E-state index in [1.54, 1.807) is 31.2 Å². The predicted octanol–water partition coefficient (Wildman–Crippen LogP) is 5.76. The molecule has 3 aromatic carbocycles. The molecule has 7 heteroatoms. The third-order valence-corrected chi connectivity index (χ3v) is 5.72. The van der Waals surface area contributed by atoms with E-state index < -0.39 is 17.6 Å². The molecule has 0 spiro atoms. The summed E-state index contributed by atoms with van der Waals surface area (Å²) >= 11 is 0. The number of esters is 1. The third-order valence-electron chi connectivity index (χ3n) is 5.72. The summed E-state index contributed by atoms with van der Waals surface area (Å²) in [6.07, 6.45) is 1.87. The molecule has 1 atom stereocenters. The number of nitrogens with one attached hydrogen (secondary N) is 1. The molecular formula is C28H29NO6. The zero-order valence-corrected chi connectivity index (χ0v) is 19.9. The minimum atomic E-state index is -1.18. The van der Waals surface area contributed by atoms with E-state index in [4.69, 9.17) is 14.2 Å². The summed E-state index contributed by atoms with van der Waals surface area (Å²) in [4.78, 5) is 23.3. The molecule has 4 rings (SSSR count). The number of benzene rings is 3.